The van der Waals surface area contributed by atoms with Gasteiger partial charge in [-0.2, -0.15) is 0 Å². The van der Waals surface area contributed by atoms with Gasteiger partial charge in [0, 0.05) is 32.0 Å². The molecular weight excluding hydrogens is 664 g/mol. The first-order chi connectivity index (χ1) is 22.6. The lowest BCUT2D eigenvalue weighted by Crippen LogP contribution is -2.25. The van der Waals surface area contributed by atoms with E-state index in [0.29, 0.717) is 22.6 Å². The van der Waals surface area contributed by atoms with Crippen molar-refractivity contribution >= 4 is 23.2 Å². The first-order valence-corrected chi connectivity index (χ1v) is 15.6. The number of allylic oxidation sites excluding steroid dienone is 4. The summed E-state index contributed by atoms with van der Waals surface area (Å²) in [5.74, 6) is -4.60. The van der Waals surface area contributed by atoms with E-state index in [1.807, 2.05) is 13.8 Å². The second-order valence-corrected chi connectivity index (χ2v) is 11.7. The van der Waals surface area contributed by atoms with Crippen LogP contribution in [0.3, 0.4) is 0 Å². The van der Waals surface area contributed by atoms with Crippen molar-refractivity contribution in [1.29, 1.82) is 0 Å². The van der Waals surface area contributed by atoms with Gasteiger partial charge in [-0.25, -0.2) is 17.9 Å². The Morgan fingerprint density at radius 1 is 1.08 bits per heavy atom. The Labute approximate surface area is 277 Å². The number of amides is 2. The smallest absolute Gasteiger partial charge is 0.406 e. The minimum Gasteiger partial charge on any atom is -0.406 e. The maximum atomic E-state index is 14.8. The lowest BCUT2D eigenvalue weighted by molar-refractivity contribution is -0.274. The van der Waals surface area contributed by atoms with E-state index in [2.05, 4.69) is 35.9 Å². The number of hydrogen-bond acceptors (Lipinski definition) is 8. The lowest BCUT2D eigenvalue weighted by Gasteiger charge is -2.12. The van der Waals surface area contributed by atoms with Crippen LogP contribution in [0.1, 0.15) is 71.4 Å². The topological polar surface area (TPSA) is 124 Å². The van der Waals surface area contributed by atoms with Crippen molar-refractivity contribution in [2.24, 2.45) is 0 Å². The van der Waals surface area contributed by atoms with Crippen molar-refractivity contribution < 1.29 is 40.7 Å². The molecule has 0 bridgehead atoms. The molecule has 17 heteroatoms. The van der Waals surface area contributed by atoms with Crippen LogP contribution >= 0.6 is 11.3 Å². The first kappa shape index (κ1) is 37.9. The van der Waals surface area contributed by atoms with Crippen LogP contribution in [0.2, 0.25) is 0 Å². The number of carbonyl (C=O) groups is 2. The fraction of sp³-hybridized carbons (Fsp3) is 0.419. The lowest BCUT2D eigenvalue weighted by atomic mass is 10.0. The van der Waals surface area contributed by atoms with E-state index in [1.54, 1.807) is 6.08 Å². The number of aromatic nitrogens is 5. The van der Waals surface area contributed by atoms with E-state index in [9.17, 15) is 35.9 Å². The van der Waals surface area contributed by atoms with Gasteiger partial charge in [0.05, 0.1) is 12.7 Å². The predicted molar refractivity (Wildman–Crippen MR) is 166 cm³/mol. The van der Waals surface area contributed by atoms with E-state index < -0.39 is 36.0 Å². The molecular formula is C31H35F6N7O3S. The molecule has 0 fully saturated rings. The van der Waals surface area contributed by atoms with Crippen LogP contribution in [0.5, 0.6) is 5.75 Å². The summed E-state index contributed by atoms with van der Waals surface area (Å²) in [6.07, 6.45) is 0.0403. The van der Waals surface area contributed by atoms with Crippen LogP contribution in [0.25, 0.3) is 0 Å². The van der Waals surface area contributed by atoms with E-state index in [4.69, 9.17) is 0 Å². The Morgan fingerprint density at radius 3 is 2.50 bits per heavy atom. The highest BCUT2D eigenvalue weighted by molar-refractivity contribution is 7.13. The minimum atomic E-state index is -4.85. The van der Waals surface area contributed by atoms with E-state index in [-0.39, 0.29) is 48.8 Å². The SMILES string of the molecule is C\C=C(/C=C\C(CNC(=O)c1nnc(CCC(F)Cn2cc(C(=O)NCc3cccc(OC(F)(F)F)c3)nn2)s1)=C(\C)CC)C(C)(F)F. The van der Waals surface area contributed by atoms with E-state index >= 15 is 0 Å². The zero-order chi connectivity index (χ0) is 35.5. The van der Waals surface area contributed by atoms with E-state index in [1.165, 1.54) is 37.4 Å². The maximum Gasteiger partial charge on any atom is 0.573 e. The van der Waals surface area contributed by atoms with Crippen LogP contribution in [-0.4, -0.2) is 62.0 Å². The van der Waals surface area contributed by atoms with Crippen LogP contribution in [0, 0.1) is 0 Å². The first-order valence-electron chi connectivity index (χ1n) is 14.8. The highest BCUT2D eigenvalue weighted by Crippen LogP contribution is 2.25. The van der Waals surface area contributed by atoms with Crippen molar-refractivity contribution in [3.05, 3.63) is 86.7 Å². The molecule has 3 aromatic rings. The van der Waals surface area contributed by atoms with Gasteiger partial charge < -0.3 is 15.4 Å². The molecule has 1 unspecified atom stereocenters. The summed E-state index contributed by atoms with van der Waals surface area (Å²) in [5.41, 5.74) is 1.68. The number of hydrogen-bond donors (Lipinski definition) is 2. The number of nitrogens with one attached hydrogen (secondary N) is 2. The zero-order valence-electron chi connectivity index (χ0n) is 26.6. The molecule has 0 aliphatic rings. The van der Waals surface area contributed by atoms with E-state index in [0.717, 1.165) is 40.6 Å². The standard InChI is InChI=1S/C31H35F6N7O3S/c1-5-19(3)21(10-11-22(6-2)30(4,33)34)16-39-28(46)29-42-41-26(48-29)13-12-23(32)17-44-18-25(40-43-44)27(45)38-15-20-8-7-9-24(14-20)47-31(35,36)37/h6-11,14,18,23H,5,12-13,15-17H2,1-4H3,(H,38,45)(H,39,46)/b11-10-,21-19+,22-6+. The summed E-state index contributed by atoms with van der Waals surface area (Å²) >= 11 is 1.00. The van der Waals surface area contributed by atoms with Gasteiger partial charge in [0.1, 0.15) is 16.9 Å². The quantitative estimate of drug-likeness (QED) is 0.129. The Morgan fingerprint density at radius 2 is 1.83 bits per heavy atom. The molecule has 2 heterocycles. The summed E-state index contributed by atoms with van der Waals surface area (Å²) in [5, 5.41) is 21.0. The average molecular weight is 700 g/mol. The monoisotopic (exact) mass is 699 g/mol. The molecule has 10 nitrogen and oxygen atoms in total. The third-order valence-electron chi connectivity index (χ3n) is 6.87. The number of benzene rings is 1. The number of carbonyl (C=O) groups excluding carboxylic acids is 2. The summed E-state index contributed by atoms with van der Waals surface area (Å²) in [6.45, 7) is 5.85. The van der Waals surface area contributed by atoms with Gasteiger partial charge in [0.25, 0.3) is 17.7 Å². The third-order valence-corrected chi connectivity index (χ3v) is 7.86. The molecule has 3 rings (SSSR count). The number of aryl methyl sites for hydroxylation is 1. The Bertz CT molecular complexity index is 1640. The van der Waals surface area contributed by atoms with Crippen LogP contribution < -0.4 is 15.4 Å². The second-order valence-electron chi connectivity index (χ2n) is 10.6. The van der Waals surface area contributed by atoms with Crippen molar-refractivity contribution in [2.75, 3.05) is 6.54 Å². The molecule has 260 valence electrons. The maximum absolute atomic E-state index is 14.8. The zero-order valence-corrected chi connectivity index (χ0v) is 27.4. The Hall–Kier alpha value is -4.54. The summed E-state index contributed by atoms with van der Waals surface area (Å²) in [6, 6.07) is 5.12. The molecule has 48 heavy (non-hydrogen) atoms. The van der Waals surface area contributed by atoms with Crippen molar-refractivity contribution in [2.45, 2.75) is 78.5 Å². The second kappa shape index (κ2) is 17.0. The summed E-state index contributed by atoms with van der Waals surface area (Å²) < 4.78 is 84.6. The van der Waals surface area contributed by atoms with Gasteiger partial charge >= 0.3 is 6.36 Å². The molecule has 0 aliphatic heterocycles. The van der Waals surface area contributed by atoms with Crippen molar-refractivity contribution in [3.63, 3.8) is 0 Å². The number of nitrogens with zero attached hydrogens (tertiary/aromatic N) is 5. The third kappa shape index (κ3) is 12.2. The van der Waals surface area contributed by atoms with Crippen LogP contribution in [-0.2, 0) is 19.5 Å². The fourth-order valence-electron chi connectivity index (χ4n) is 4.15. The van der Waals surface area contributed by atoms with Gasteiger partial charge in [-0.3, -0.25) is 9.59 Å². The molecule has 0 spiro atoms. The molecule has 0 radical (unpaired) electrons. The van der Waals surface area contributed by atoms with Gasteiger partial charge in [-0.05, 0) is 50.0 Å². The highest BCUT2D eigenvalue weighted by atomic mass is 32.1. The minimum absolute atomic E-state index is 0.0106. The summed E-state index contributed by atoms with van der Waals surface area (Å²) in [4.78, 5) is 25.1. The molecule has 0 aliphatic carbocycles. The number of alkyl halides is 6. The Balaban J connectivity index is 1.47. The summed E-state index contributed by atoms with van der Waals surface area (Å²) in [7, 11) is 0. The predicted octanol–water partition coefficient (Wildman–Crippen LogP) is 6.54. The number of rotatable bonds is 16. The van der Waals surface area contributed by atoms with Crippen molar-refractivity contribution in [3.8, 4) is 5.75 Å². The molecule has 0 saturated heterocycles. The largest absolute Gasteiger partial charge is 0.573 e. The van der Waals surface area contributed by atoms with Gasteiger partial charge in [0.15, 0.2) is 5.69 Å². The molecule has 2 N–H and O–H groups in total. The van der Waals surface area contributed by atoms with Crippen LogP contribution in [0.4, 0.5) is 26.3 Å². The van der Waals surface area contributed by atoms with Gasteiger partial charge in [-0.15, -0.1) is 28.5 Å². The number of halogens is 6. The van der Waals surface area contributed by atoms with Crippen molar-refractivity contribution in [1.82, 2.24) is 35.8 Å². The molecule has 1 aromatic carbocycles. The number of ether oxygens (including phenoxy) is 1. The van der Waals surface area contributed by atoms with Gasteiger partial charge in [-0.1, -0.05) is 59.4 Å². The Kier molecular flexibility index (Phi) is 13.5. The molecule has 2 aromatic heterocycles. The molecule has 1 atom stereocenters. The normalized spacial score (nSPS) is 13.8. The highest BCUT2D eigenvalue weighted by Gasteiger charge is 2.31. The molecule has 0 saturated carbocycles. The fourth-order valence-corrected chi connectivity index (χ4v) is 4.93. The average Bonchev–Trinajstić information content (AvgIpc) is 3.69. The van der Waals surface area contributed by atoms with Crippen LogP contribution in [0.15, 0.2) is 65.4 Å². The van der Waals surface area contributed by atoms with Gasteiger partial charge in [0.2, 0.25) is 5.01 Å². The molecule has 2 amide bonds.